The molecule has 0 spiro atoms. The van der Waals surface area contributed by atoms with Gasteiger partial charge in [0, 0.05) is 19.1 Å². The number of rotatable bonds is 8. The van der Waals surface area contributed by atoms with Crippen LogP contribution in [0.4, 0.5) is 0 Å². The van der Waals surface area contributed by atoms with Crippen molar-refractivity contribution < 1.29 is 19.1 Å². The van der Waals surface area contributed by atoms with Crippen molar-refractivity contribution in [2.24, 2.45) is 0 Å². The van der Waals surface area contributed by atoms with Crippen LogP contribution in [0.2, 0.25) is 0 Å². The summed E-state index contributed by atoms with van der Waals surface area (Å²) >= 11 is 0. The Balaban J connectivity index is 1.42. The largest absolute Gasteiger partial charge is 0.484 e. The standard InChI is InChI=1S/C26H34N2O4/c1-18(2)23-7-5-6-8-24(23)32-20(4)26(30)27-21-13-15-28(16-14-21)25(29)17-31-22-11-9-19(3)10-12-22/h5-12,18,20-21H,13-17H2,1-4H3,(H,27,30). The number of hydrogen-bond acceptors (Lipinski definition) is 4. The Labute approximate surface area is 190 Å². The van der Waals surface area contributed by atoms with Crippen LogP contribution in [0, 0.1) is 6.92 Å². The third-order valence-corrected chi connectivity index (χ3v) is 5.79. The Bertz CT molecular complexity index is 902. The minimum atomic E-state index is -0.586. The van der Waals surface area contributed by atoms with Gasteiger partial charge in [0.1, 0.15) is 11.5 Å². The predicted octanol–water partition coefficient (Wildman–Crippen LogP) is 4.07. The van der Waals surface area contributed by atoms with Crippen LogP contribution in [-0.2, 0) is 9.59 Å². The van der Waals surface area contributed by atoms with Crippen molar-refractivity contribution in [1.82, 2.24) is 10.2 Å². The number of nitrogens with one attached hydrogen (secondary N) is 1. The van der Waals surface area contributed by atoms with Gasteiger partial charge in [-0.1, -0.05) is 49.7 Å². The maximum Gasteiger partial charge on any atom is 0.260 e. The summed E-state index contributed by atoms with van der Waals surface area (Å²) in [5, 5.41) is 3.08. The van der Waals surface area contributed by atoms with Gasteiger partial charge in [-0.2, -0.15) is 0 Å². The van der Waals surface area contributed by atoms with E-state index in [0.717, 1.165) is 29.7 Å². The topological polar surface area (TPSA) is 67.9 Å². The van der Waals surface area contributed by atoms with E-state index in [0.29, 0.717) is 24.8 Å². The van der Waals surface area contributed by atoms with Gasteiger partial charge in [0.25, 0.3) is 11.8 Å². The van der Waals surface area contributed by atoms with Crippen molar-refractivity contribution in [2.45, 2.75) is 58.6 Å². The molecule has 32 heavy (non-hydrogen) atoms. The van der Waals surface area contributed by atoms with Crippen molar-refractivity contribution in [3.63, 3.8) is 0 Å². The van der Waals surface area contributed by atoms with E-state index in [1.54, 1.807) is 11.8 Å². The van der Waals surface area contributed by atoms with Crippen molar-refractivity contribution in [1.29, 1.82) is 0 Å². The van der Waals surface area contributed by atoms with E-state index in [-0.39, 0.29) is 24.5 Å². The molecular formula is C26H34N2O4. The molecule has 1 heterocycles. The summed E-state index contributed by atoms with van der Waals surface area (Å²) in [6.45, 7) is 9.23. The highest BCUT2D eigenvalue weighted by Crippen LogP contribution is 2.26. The number of para-hydroxylation sites is 1. The van der Waals surface area contributed by atoms with Crippen molar-refractivity contribution in [2.75, 3.05) is 19.7 Å². The number of piperidine rings is 1. The molecule has 1 unspecified atom stereocenters. The third kappa shape index (κ3) is 6.49. The summed E-state index contributed by atoms with van der Waals surface area (Å²) in [7, 11) is 0. The smallest absolute Gasteiger partial charge is 0.260 e. The molecule has 1 saturated heterocycles. The van der Waals surface area contributed by atoms with E-state index in [2.05, 4.69) is 19.2 Å². The number of likely N-dealkylation sites (tertiary alicyclic amines) is 1. The lowest BCUT2D eigenvalue weighted by Crippen LogP contribution is -2.50. The van der Waals surface area contributed by atoms with Gasteiger partial charge >= 0.3 is 0 Å². The molecule has 0 saturated carbocycles. The van der Waals surface area contributed by atoms with Gasteiger partial charge in [-0.15, -0.1) is 0 Å². The lowest BCUT2D eigenvalue weighted by Gasteiger charge is -2.33. The van der Waals surface area contributed by atoms with Gasteiger partial charge in [0.05, 0.1) is 0 Å². The van der Waals surface area contributed by atoms with E-state index in [4.69, 9.17) is 9.47 Å². The van der Waals surface area contributed by atoms with E-state index in [9.17, 15) is 9.59 Å². The summed E-state index contributed by atoms with van der Waals surface area (Å²) < 4.78 is 11.6. The average Bonchev–Trinajstić information content (AvgIpc) is 2.79. The van der Waals surface area contributed by atoms with E-state index in [1.807, 2.05) is 55.5 Å². The molecule has 0 aromatic heterocycles. The minimum absolute atomic E-state index is 0.0280. The van der Waals surface area contributed by atoms with E-state index < -0.39 is 6.10 Å². The van der Waals surface area contributed by atoms with E-state index in [1.165, 1.54) is 0 Å². The third-order valence-electron chi connectivity index (χ3n) is 5.79. The van der Waals surface area contributed by atoms with Crippen LogP contribution >= 0.6 is 0 Å². The molecule has 3 rings (SSSR count). The number of aryl methyl sites for hydroxylation is 1. The number of amides is 2. The summed E-state index contributed by atoms with van der Waals surface area (Å²) in [4.78, 5) is 26.9. The molecule has 6 nitrogen and oxygen atoms in total. The van der Waals surface area contributed by atoms with Crippen LogP contribution in [0.3, 0.4) is 0 Å². The van der Waals surface area contributed by atoms with Gasteiger partial charge < -0.3 is 19.7 Å². The van der Waals surface area contributed by atoms with Gasteiger partial charge in [0.15, 0.2) is 12.7 Å². The fourth-order valence-electron chi connectivity index (χ4n) is 3.77. The molecule has 1 fully saturated rings. The monoisotopic (exact) mass is 438 g/mol. The maximum atomic E-state index is 12.7. The van der Waals surface area contributed by atoms with Crippen LogP contribution in [0.1, 0.15) is 50.7 Å². The lowest BCUT2D eigenvalue weighted by molar-refractivity contribution is -0.134. The van der Waals surface area contributed by atoms with Crippen LogP contribution in [0.15, 0.2) is 48.5 Å². The lowest BCUT2D eigenvalue weighted by atomic mass is 10.0. The van der Waals surface area contributed by atoms with Crippen LogP contribution in [0.25, 0.3) is 0 Å². The molecule has 0 aliphatic carbocycles. The molecule has 172 valence electrons. The van der Waals surface area contributed by atoms with Gasteiger partial charge in [0.2, 0.25) is 0 Å². The fourth-order valence-corrected chi connectivity index (χ4v) is 3.77. The normalized spacial score (nSPS) is 15.3. The first-order chi connectivity index (χ1) is 15.3. The number of hydrogen-bond donors (Lipinski definition) is 1. The van der Waals surface area contributed by atoms with Crippen LogP contribution < -0.4 is 14.8 Å². The first-order valence-electron chi connectivity index (χ1n) is 11.4. The molecule has 1 aliphatic heterocycles. The van der Waals surface area contributed by atoms with Crippen LogP contribution in [0.5, 0.6) is 11.5 Å². The molecule has 1 atom stereocenters. The molecule has 6 heteroatoms. The summed E-state index contributed by atoms with van der Waals surface area (Å²) in [5.74, 6) is 1.60. The molecule has 1 aliphatic rings. The zero-order chi connectivity index (χ0) is 23.1. The molecular weight excluding hydrogens is 404 g/mol. The molecule has 1 N–H and O–H groups in total. The second-order valence-corrected chi connectivity index (χ2v) is 8.72. The second-order valence-electron chi connectivity index (χ2n) is 8.72. The quantitative estimate of drug-likeness (QED) is 0.675. The SMILES string of the molecule is Cc1ccc(OCC(=O)N2CCC(NC(=O)C(C)Oc3ccccc3C(C)C)CC2)cc1. The first kappa shape index (κ1) is 23.6. The van der Waals surface area contributed by atoms with Crippen LogP contribution in [-0.4, -0.2) is 48.6 Å². The Morgan fingerprint density at radius 2 is 1.69 bits per heavy atom. The Morgan fingerprint density at radius 1 is 1.03 bits per heavy atom. The zero-order valence-corrected chi connectivity index (χ0v) is 19.5. The highest BCUT2D eigenvalue weighted by Gasteiger charge is 2.26. The number of nitrogens with zero attached hydrogens (tertiary/aromatic N) is 1. The Morgan fingerprint density at radius 3 is 2.34 bits per heavy atom. The fraction of sp³-hybridized carbons (Fsp3) is 0.462. The summed E-state index contributed by atoms with van der Waals surface area (Å²) in [6, 6.07) is 15.5. The summed E-state index contributed by atoms with van der Waals surface area (Å²) in [5.41, 5.74) is 2.24. The van der Waals surface area contributed by atoms with Gasteiger partial charge in [-0.3, -0.25) is 9.59 Å². The van der Waals surface area contributed by atoms with Crippen molar-refractivity contribution in [3.8, 4) is 11.5 Å². The Kier molecular flexibility index (Phi) is 8.14. The molecule has 0 radical (unpaired) electrons. The molecule has 2 aromatic rings. The molecule has 0 bridgehead atoms. The average molecular weight is 439 g/mol. The van der Waals surface area contributed by atoms with Gasteiger partial charge in [-0.05, 0) is 56.4 Å². The number of benzene rings is 2. The van der Waals surface area contributed by atoms with E-state index >= 15 is 0 Å². The minimum Gasteiger partial charge on any atom is -0.484 e. The summed E-state index contributed by atoms with van der Waals surface area (Å²) in [6.07, 6.45) is 0.853. The highest BCUT2D eigenvalue weighted by molar-refractivity contribution is 5.81. The Hall–Kier alpha value is -3.02. The number of carbonyl (C=O) groups excluding carboxylic acids is 2. The van der Waals surface area contributed by atoms with Crippen molar-refractivity contribution >= 4 is 11.8 Å². The number of carbonyl (C=O) groups is 2. The van der Waals surface area contributed by atoms with Gasteiger partial charge in [-0.25, -0.2) is 0 Å². The maximum absolute atomic E-state index is 12.7. The highest BCUT2D eigenvalue weighted by atomic mass is 16.5. The predicted molar refractivity (Wildman–Crippen MR) is 125 cm³/mol. The second kappa shape index (κ2) is 11.0. The molecule has 2 amide bonds. The number of ether oxygens (including phenoxy) is 2. The van der Waals surface area contributed by atoms with Crippen molar-refractivity contribution in [3.05, 3.63) is 59.7 Å². The first-order valence-corrected chi connectivity index (χ1v) is 11.4. The molecule has 2 aromatic carbocycles. The zero-order valence-electron chi connectivity index (χ0n) is 19.5.